The van der Waals surface area contributed by atoms with Gasteiger partial charge in [-0.1, -0.05) is 13.0 Å². The molecule has 1 atom stereocenters. The predicted octanol–water partition coefficient (Wildman–Crippen LogP) is 2.18. The van der Waals surface area contributed by atoms with Crippen LogP contribution in [0.4, 0.5) is 11.4 Å². The number of hydrogen-bond acceptors (Lipinski definition) is 5. The van der Waals surface area contributed by atoms with Crippen molar-refractivity contribution in [1.29, 1.82) is 0 Å². The van der Waals surface area contributed by atoms with Crippen LogP contribution in [0.1, 0.15) is 20.3 Å². The van der Waals surface area contributed by atoms with Crippen molar-refractivity contribution in [3.8, 4) is 5.75 Å². The van der Waals surface area contributed by atoms with Crippen LogP contribution in [0.15, 0.2) is 18.2 Å². The third-order valence-electron chi connectivity index (χ3n) is 2.55. The zero-order valence-corrected chi connectivity index (χ0v) is 10.5. The Hall–Kier alpha value is -1.82. The van der Waals surface area contributed by atoms with E-state index >= 15 is 0 Å². The van der Waals surface area contributed by atoms with E-state index in [1.807, 2.05) is 6.92 Å². The van der Waals surface area contributed by atoms with E-state index in [9.17, 15) is 10.1 Å². The average molecular weight is 254 g/mol. The summed E-state index contributed by atoms with van der Waals surface area (Å²) in [7, 11) is 0. The van der Waals surface area contributed by atoms with Gasteiger partial charge in [0, 0.05) is 6.04 Å². The monoisotopic (exact) mass is 254 g/mol. The number of ether oxygens (including phenoxy) is 1. The summed E-state index contributed by atoms with van der Waals surface area (Å²) in [4.78, 5) is 10.6. The van der Waals surface area contributed by atoms with Gasteiger partial charge >= 0.3 is 5.69 Å². The lowest BCUT2D eigenvalue weighted by atomic mass is 10.2. The Morgan fingerprint density at radius 2 is 2.22 bits per heavy atom. The molecule has 1 aromatic carbocycles. The van der Waals surface area contributed by atoms with Gasteiger partial charge in [0.25, 0.3) is 0 Å². The first-order chi connectivity index (χ1) is 8.63. The first kappa shape index (κ1) is 14.2. The molecule has 0 aliphatic carbocycles. The highest BCUT2D eigenvalue weighted by Gasteiger charge is 2.22. The van der Waals surface area contributed by atoms with E-state index in [0.717, 1.165) is 0 Å². The highest BCUT2D eigenvalue weighted by molar-refractivity contribution is 5.68. The molecule has 0 spiro atoms. The minimum atomic E-state index is -0.475. The van der Waals surface area contributed by atoms with Crippen LogP contribution in [-0.4, -0.2) is 29.3 Å². The van der Waals surface area contributed by atoms with Crippen LogP contribution in [0, 0.1) is 10.1 Å². The van der Waals surface area contributed by atoms with Gasteiger partial charge in [-0.2, -0.15) is 0 Å². The van der Waals surface area contributed by atoms with E-state index in [1.54, 1.807) is 25.1 Å². The van der Waals surface area contributed by atoms with Gasteiger partial charge < -0.3 is 15.2 Å². The molecule has 1 aromatic rings. The lowest BCUT2D eigenvalue weighted by molar-refractivity contribution is -0.385. The second-order valence-electron chi connectivity index (χ2n) is 3.77. The van der Waals surface area contributed by atoms with Crippen molar-refractivity contribution in [3.05, 3.63) is 28.3 Å². The van der Waals surface area contributed by atoms with Crippen molar-refractivity contribution in [2.45, 2.75) is 26.3 Å². The maximum Gasteiger partial charge on any atom is 0.333 e. The van der Waals surface area contributed by atoms with E-state index in [1.165, 1.54) is 0 Å². The van der Waals surface area contributed by atoms with Crippen LogP contribution in [0.2, 0.25) is 0 Å². The highest BCUT2D eigenvalue weighted by atomic mass is 16.6. The third-order valence-corrected chi connectivity index (χ3v) is 2.55. The molecule has 100 valence electrons. The van der Waals surface area contributed by atoms with Crippen LogP contribution in [0.3, 0.4) is 0 Å². The first-order valence-corrected chi connectivity index (χ1v) is 5.91. The number of nitro groups is 1. The summed E-state index contributed by atoms with van der Waals surface area (Å²) in [6.07, 6.45) is 0.673. The lowest BCUT2D eigenvalue weighted by Gasteiger charge is -2.16. The Bertz CT molecular complexity index is 405. The van der Waals surface area contributed by atoms with Crippen LogP contribution < -0.4 is 10.1 Å². The lowest BCUT2D eigenvalue weighted by Crippen LogP contribution is -2.23. The fourth-order valence-electron chi connectivity index (χ4n) is 1.60. The number of aliphatic hydroxyl groups is 1. The molecule has 0 aliphatic rings. The molecule has 2 N–H and O–H groups in total. The van der Waals surface area contributed by atoms with E-state index in [2.05, 4.69) is 5.32 Å². The molecule has 0 saturated carbocycles. The molecule has 6 heteroatoms. The molecule has 0 saturated heterocycles. The number of para-hydroxylation sites is 1. The van der Waals surface area contributed by atoms with Gasteiger partial charge in [-0.25, -0.2) is 0 Å². The van der Waals surface area contributed by atoms with E-state index in [-0.39, 0.29) is 24.1 Å². The molecule has 0 aromatic heterocycles. The van der Waals surface area contributed by atoms with Crippen molar-refractivity contribution >= 4 is 11.4 Å². The van der Waals surface area contributed by atoms with Gasteiger partial charge in [0.1, 0.15) is 5.69 Å². The predicted molar refractivity (Wildman–Crippen MR) is 69.1 cm³/mol. The Balaban J connectivity index is 3.09. The fourth-order valence-corrected chi connectivity index (χ4v) is 1.60. The summed E-state index contributed by atoms with van der Waals surface area (Å²) in [6.45, 7) is 3.95. The maximum absolute atomic E-state index is 11.1. The number of hydrogen-bond donors (Lipinski definition) is 2. The molecular formula is C12H18N2O4. The largest absolute Gasteiger partial charge is 0.487 e. The fraction of sp³-hybridized carbons (Fsp3) is 0.500. The molecule has 0 radical (unpaired) electrons. The van der Waals surface area contributed by atoms with Gasteiger partial charge in [0.2, 0.25) is 0 Å². The van der Waals surface area contributed by atoms with Crippen LogP contribution >= 0.6 is 0 Å². The second kappa shape index (κ2) is 6.80. The summed E-state index contributed by atoms with van der Waals surface area (Å²) >= 11 is 0. The van der Waals surface area contributed by atoms with Crippen molar-refractivity contribution < 1.29 is 14.8 Å². The second-order valence-corrected chi connectivity index (χ2v) is 3.77. The number of nitrogens with zero attached hydrogens (tertiary/aromatic N) is 1. The summed E-state index contributed by atoms with van der Waals surface area (Å²) in [5.74, 6) is 0.236. The number of nitrogens with one attached hydrogen (secondary N) is 1. The van der Waals surface area contributed by atoms with Crippen molar-refractivity contribution in [3.63, 3.8) is 0 Å². The van der Waals surface area contributed by atoms with E-state index in [0.29, 0.717) is 18.7 Å². The van der Waals surface area contributed by atoms with Crippen molar-refractivity contribution in [2.75, 3.05) is 18.5 Å². The SMILES string of the molecule is CCOc1cccc(NC(CC)CO)c1[N+](=O)[O-]. The topological polar surface area (TPSA) is 84.6 Å². The number of rotatable bonds is 7. The molecule has 0 aliphatic heterocycles. The summed E-state index contributed by atoms with van der Waals surface area (Å²) in [5.41, 5.74) is 0.276. The number of benzene rings is 1. The Labute approximate surface area is 106 Å². The minimum Gasteiger partial charge on any atom is -0.487 e. The molecule has 1 unspecified atom stereocenters. The van der Waals surface area contributed by atoms with Crippen molar-refractivity contribution in [1.82, 2.24) is 0 Å². The number of aliphatic hydroxyl groups excluding tert-OH is 1. The van der Waals surface area contributed by atoms with Gasteiger partial charge in [0.05, 0.1) is 18.1 Å². The normalized spacial score (nSPS) is 11.9. The zero-order valence-electron chi connectivity index (χ0n) is 10.5. The minimum absolute atomic E-state index is 0.0769. The Morgan fingerprint density at radius 3 is 2.72 bits per heavy atom. The maximum atomic E-state index is 11.1. The van der Waals surface area contributed by atoms with Crippen LogP contribution in [0.5, 0.6) is 5.75 Å². The zero-order chi connectivity index (χ0) is 13.5. The molecule has 1 rings (SSSR count). The molecule has 0 bridgehead atoms. The van der Waals surface area contributed by atoms with Gasteiger partial charge in [-0.3, -0.25) is 10.1 Å². The highest BCUT2D eigenvalue weighted by Crippen LogP contribution is 2.35. The molecule has 0 amide bonds. The average Bonchev–Trinajstić information content (AvgIpc) is 2.36. The first-order valence-electron chi connectivity index (χ1n) is 5.91. The van der Waals surface area contributed by atoms with Gasteiger partial charge in [0.15, 0.2) is 5.75 Å². The molecule has 6 nitrogen and oxygen atoms in total. The quantitative estimate of drug-likeness (QED) is 0.575. The van der Waals surface area contributed by atoms with E-state index < -0.39 is 4.92 Å². The molecule has 0 heterocycles. The number of nitro benzene ring substituents is 1. The molecule has 0 fully saturated rings. The van der Waals surface area contributed by atoms with E-state index in [4.69, 9.17) is 9.84 Å². The standard InChI is InChI=1S/C12H18N2O4/c1-3-9(8-15)13-10-6-5-7-11(18-4-2)12(10)14(16)17/h5-7,9,13,15H,3-4,8H2,1-2H3. The van der Waals surface area contributed by atoms with Crippen molar-refractivity contribution in [2.24, 2.45) is 0 Å². The third kappa shape index (κ3) is 3.33. The Morgan fingerprint density at radius 1 is 1.50 bits per heavy atom. The van der Waals surface area contributed by atoms with Gasteiger partial charge in [-0.05, 0) is 25.5 Å². The van der Waals surface area contributed by atoms with Crippen LogP contribution in [-0.2, 0) is 0 Å². The Kier molecular flexibility index (Phi) is 5.38. The summed E-state index contributed by atoms with van der Waals surface area (Å²) < 4.78 is 5.24. The number of anilines is 1. The van der Waals surface area contributed by atoms with Gasteiger partial charge in [-0.15, -0.1) is 0 Å². The smallest absolute Gasteiger partial charge is 0.333 e. The molecular weight excluding hydrogens is 236 g/mol. The van der Waals surface area contributed by atoms with Crippen LogP contribution in [0.25, 0.3) is 0 Å². The summed E-state index contributed by atoms with van der Waals surface area (Å²) in [6, 6.07) is 4.65. The summed E-state index contributed by atoms with van der Waals surface area (Å²) in [5, 5.41) is 23.2. The molecule has 18 heavy (non-hydrogen) atoms.